The molecule has 1 fully saturated rings. The van der Waals surface area contributed by atoms with E-state index in [4.69, 9.17) is 0 Å². The highest BCUT2D eigenvalue weighted by atomic mass is 15.5. The van der Waals surface area contributed by atoms with Crippen molar-refractivity contribution >= 4 is 0 Å². The second kappa shape index (κ2) is 8.21. The van der Waals surface area contributed by atoms with Gasteiger partial charge < -0.3 is 4.90 Å². The van der Waals surface area contributed by atoms with E-state index in [-0.39, 0.29) is 0 Å². The lowest BCUT2D eigenvalue weighted by Gasteiger charge is -2.34. The third kappa shape index (κ3) is 4.15. The van der Waals surface area contributed by atoms with Crippen LogP contribution < -0.4 is 0 Å². The van der Waals surface area contributed by atoms with Crippen LogP contribution in [-0.2, 0) is 13.0 Å². The average Bonchev–Trinajstić information content (AvgIpc) is 3.18. The summed E-state index contributed by atoms with van der Waals surface area (Å²) >= 11 is 0. The molecule has 0 spiro atoms. The van der Waals surface area contributed by atoms with Crippen LogP contribution in [0.1, 0.15) is 11.4 Å². The first kappa shape index (κ1) is 16.9. The van der Waals surface area contributed by atoms with E-state index in [1.165, 1.54) is 5.56 Å². The molecule has 1 saturated heterocycles. The summed E-state index contributed by atoms with van der Waals surface area (Å²) < 4.78 is 1.84. The Labute approximate surface area is 154 Å². The molecule has 1 aromatic heterocycles. The summed E-state index contributed by atoms with van der Waals surface area (Å²) in [5.41, 5.74) is 2.41. The molecule has 6 heteroatoms. The SMILES string of the molecule is c1ccc(CN2CCN(CCc3nnnn3-c3ccccc3)CC2)cc1. The zero-order valence-corrected chi connectivity index (χ0v) is 14.9. The third-order valence-electron chi connectivity index (χ3n) is 4.90. The lowest BCUT2D eigenvalue weighted by molar-refractivity contribution is 0.127. The minimum absolute atomic E-state index is 0.862. The molecule has 0 bridgehead atoms. The van der Waals surface area contributed by atoms with Gasteiger partial charge in [-0.15, -0.1) is 5.10 Å². The summed E-state index contributed by atoms with van der Waals surface area (Å²) in [5, 5.41) is 12.2. The lowest BCUT2D eigenvalue weighted by Crippen LogP contribution is -2.46. The maximum atomic E-state index is 4.21. The molecule has 134 valence electrons. The van der Waals surface area contributed by atoms with Gasteiger partial charge in [-0.05, 0) is 28.1 Å². The first-order valence-corrected chi connectivity index (χ1v) is 9.20. The van der Waals surface area contributed by atoms with E-state index in [0.717, 1.165) is 57.2 Å². The van der Waals surface area contributed by atoms with Crippen LogP contribution in [0, 0.1) is 0 Å². The average molecular weight is 348 g/mol. The second-order valence-corrected chi connectivity index (χ2v) is 6.70. The summed E-state index contributed by atoms with van der Waals surface area (Å²) in [5.74, 6) is 0.919. The maximum absolute atomic E-state index is 4.21. The molecule has 6 nitrogen and oxygen atoms in total. The van der Waals surface area contributed by atoms with Gasteiger partial charge in [0.15, 0.2) is 5.82 Å². The number of benzene rings is 2. The van der Waals surface area contributed by atoms with E-state index in [0.29, 0.717) is 0 Å². The van der Waals surface area contributed by atoms with Crippen molar-refractivity contribution in [1.29, 1.82) is 0 Å². The number of hydrogen-bond acceptors (Lipinski definition) is 5. The zero-order chi connectivity index (χ0) is 17.6. The van der Waals surface area contributed by atoms with E-state index in [2.05, 4.69) is 55.7 Å². The summed E-state index contributed by atoms with van der Waals surface area (Å²) in [6, 6.07) is 20.8. The first-order chi connectivity index (χ1) is 12.9. The number of nitrogens with zero attached hydrogens (tertiary/aromatic N) is 6. The Balaban J connectivity index is 1.28. The fraction of sp³-hybridized carbons (Fsp3) is 0.350. The van der Waals surface area contributed by atoms with Gasteiger partial charge >= 0.3 is 0 Å². The molecule has 4 rings (SSSR count). The van der Waals surface area contributed by atoms with Gasteiger partial charge in [-0.2, -0.15) is 4.68 Å². The zero-order valence-electron chi connectivity index (χ0n) is 14.9. The van der Waals surface area contributed by atoms with Gasteiger partial charge in [0.1, 0.15) is 0 Å². The van der Waals surface area contributed by atoms with Crippen molar-refractivity contribution in [2.24, 2.45) is 0 Å². The fourth-order valence-electron chi connectivity index (χ4n) is 3.40. The van der Waals surface area contributed by atoms with E-state index in [1.54, 1.807) is 0 Å². The molecule has 2 heterocycles. The molecule has 0 saturated carbocycles. The predicted octanol–water partition coefficient (Wildman–Crippen LogP) is 2.02. The number of hydrogen-bond donors (Lipinski definition) is 0. The Morgan fingerprint density at radius 2 is 1.42 bits per heavy atom. The standard InChI is InChI=1S/C20H24N6/c1-3-7-18(8-4-1)17-25-15-13-24(14-16-25)12-11-20-21-22-23-26(20)19-9-5-2-6-10-19/h1-10H,11-17H2. The molecule has 1 aliphatic heterocycles. The Kier molecular flexibility index (Phi) is 5.33. The maximum Gasteiger partial charge on any atom is 0.157 e. The van der Waals surface area contributed by atoms with Gasteiger partial charge in [0, 0.05) is 45.7 Å². The molecular formula is C20H24N6. The quantitative estimate of drug-likeness (QED) is 0.682. The van der Waals surface area contributed by atoms with Crippen molar-refractivity contribution in [3.63, 3.8) is 0 Å². The summed E-state index contributed by atoms with van der Waals surface area (Å²) in [4.78, 5) is 5.03. The van der Waals surface area contributed by atoms with Gasteiger partial charge in [0.2, 0.25) is 0 Å². The molecule has 2 aromatic carbocycles. The van der Waals surface area contributed by atoms with Crippen molar-refractivity contribution in [3.8, 4) is 5.69 Å². The van der Waals surface area contributed by atoms with Gasteiger partial charge in [0.05, 0.1) is 5.69 Å². The molecule has 1 aliphatic rings. The van der Waals surface area contributed by atoms with Crippen LogP contribution in [0.2, 0.25) is 0 Å². The van der Waals surface area contributed by atoms with E-state index < -0.39 is 0 Å². The highest BCUT2D eigenvalue weighted by Crippen LogP contribution is 2.11. The van der Waals surface area contributed by atoms with E-state index in [9.17, 15) is 0 Å². The summed E-state index contributed by atoms with van der Waals surface area (Å²) in [7, 11) is 0. The number of rotatable bonds is 6. The first-order valence-electron chi connectivity index (χ1n) is 9.20. The van der Waals surface area contributed by atoms with Crippen LogP contribution in [-0.4, -0.2) is 62.7 Å². The van der Waals surface area contributed by atoms with Crippen LogP contribution in [0.3, 0.4) is 0 Å². The molecule has 26 heavy (non-hydrogen) atoms. The van der Waals surface area contributed by atoms with E-state index in [1.807, 2.05) is 35.0 Å². The molecule has 0 unspecified atom stereocenters. The molecular weight excluding hydrogens is 324 g/mol. The monoisotopic (exact) mass is 348 g/mol. The van der Waals surface area contributed by atoms with Crippen molar-refractivity contribution in [3.05, 3.63) is 72.1 Å². The molecule has 0 aliphatic carbocycles. The van der Waals surface area contributed by atoms with Crippen molar-refractivity contribution in [2.45, 2.75) is 13.0 Å². The summed E-state index contributed by atoms with van der Waals surface area (Å²) in [6.45, 7) is 6.45. The minimum atomic E-state index is 0.862. The fourth-order valence-corrected chi connectivity index (χ4v) is 3.40. The molecule has 0 N–H and O–H groups in total. The lowest BCUT2D eigenvalue weighted by atomic mass is 10.2. The highest BCUT2D eigenvalue weighted by Gasteiger charge is 2.18. The molecule has 0 radical (unpaired) electrons. The van der Waals surface area contributed by atoms with Crippen LogP contribution >= 0.6 is 0 Å². The number of para-hydroxylation sites is 1. The van der Waals surface area contributed by atoms with Gasteiger partial charge in [-0.1, -0.05) is 48.5 Å². The van der Waals surface area contributed by atoms with Crippen LogP contribution in [0.5, 0.6) is 0 Å². The van der Waals surface area contributed by atoms with Crippen molar-refractivity contribution in [2.75, 3.05) is 32.7 Å². The molecule has 3 aromatic rings. The van der Waals surface area contributed by atoms with Gasteiger partial charge in [-0.25, -0.2) is 0 Å². The third-order valence-corrected chi connectivity index (χ3v) is 4.90. The van der Waals surface area contributed by atoms with Crippen molar-refractivity contribution in [1.82, 2.24) is 30.0 Å². The summed E-state index contributed by atoms with van der Waals surface area (Å²) in [6.07, 6.45) is 0.862. The van der Waals surface area contributed by atoms with Crippen LogP contribution in [0.25, 0.3) is 5.69 Å². The topological polar surface area (TPSA) is 50.1 Å². The highest BCUT2D eigenvalue weighted by molar-refractivity contribution is 5.30. The second-order valence-electron chi connectivity index (χ2n) is 6.70. The largest absolute Gasteiger partial charge is 0.300 e. The Morgan fingerprint density at radius 1 is 0.769 bits per heavy atom. The van der Waals surface area contributed by atoms with Crippen molar-refractivity contribution < 1.29 is 0 Å². The number of aromatic nitrogens is 4. The molecule has 0 atom stereocenters. The van der Waals surface area contributed by atoms with Crippen LogP contribution in [0.15, 0.2) is 60.7 Å². The minimum Gasteiger partial charge on any atom is -0.300 e. The number of piperazine rings is 1. The van der Waals surface area contributed by atoms with Gasteiger partial charge in [0.25, 0.3) is 0 Å². The Bertz CT molecular complexity index is 793. The number of tetrazole rings is 1. The molecule has 0 amide bonds. The smallest absolute Gasteiger partial charge is 0.157 e. The van der Waals surface area contributed by atoms with Gasteiger partial charge in [-0.3, -0.25) is 4.90 Å². The Morgan fingerprint density at radius 3 is 2.15 bits per heavy atom. The van der Waals surface area contributed by atoms with E-state index >= 15 is 0 Å². The predicted molar refractivity (Wildman–Crippen MR) is 101 cm³/mol. The Hall–Kier alpha value is -2.57. The normalized spacial score (nSPS) is 16.0. The van der Waals surface area contributed by atoms with Crippen LogP contribution in [0.4, 0.5) is 0 Å².